The molecule has 1 unspecified atom stereocenters. The number of hydrogen-bond acceptors (Lipinski definition) is 3. The summed E-state index contributed by atoms with van der Waals surface area (Å²) in [7, 11) is 0. The van der Waals surface area contributed by atoms with Crippen LogP contribution in [0.1, 0.15) is 38.5 Å². The number of rotatable bonds is 3. The van der Waals surface area contributed by atoms with Gasteiger partial charge in [-0.05, 0) is 32.1 Å². The van der Waals surface area contributed by atoms with Gasteiger partial charge < -0.3 is 15.5 Å². The molecule has 2 aliphatic heterocycles. The lowest BCUT2D eigenvalue weighted by Crippen LogP contribution is -2.45. The molecule has 3 aliphatic rings. The average Bonchev–Trinajstić information content (AvgIpc) is 2.78. The second kappa shape index (κ2) is 5.66. The molecule has 6 heteroatoms. The summed E-state index contributed by atoms with van der Waals surface area (Å²) < 4.78 is 0. The molecule has 0 spiro atoms. The second-order valence-electron chi connectivity index (χ2n) is 6.53. The van der Waals surface area contributed by atoms with Gasteiger partial charge in [0.25, 0.3) is 0 Å². The number of amides is 3. The molecule has 1 saturated carbocycles. The number of carbonyl (C=O) groups is 3. The first-order valence-corrected chi connectivity index (χ1v) is 7.94. The molecule has 6 nitrogen and oxygen atoms in total. The van der Waals surface area contributed by atoms with Gasteiger partial charge in [0.2, 0.25) is 17.7 Å². The third-order valence-electron chi connectivity index (χ3n) is 5.23. The Morgan fingerprint density at radius 3 is 2.24 bits per heavy atom. The predicted octanol–water partition coefficient (Wildman–Crippen LogP) is 0.111. The van der Waals surface area contributed by atoms with E-state index in [9.17, 15) is 14.4 Å². The molecule has 0 bridgehead atoms. The van der Waals surface area contributed by atoms with E-state index in [0.717, 1.165) is 12.8 Å². The maximum atomic E-state index is 12.5. The fraction of sp³-hybridized carbons (Fsp3) is 0.800. The lowest BCUT2D eigenvalue weighted by molar-refractivity contribution is -0.138. The minimum Gasteiger partial charge on any atom is -0.369 e. The molecule has 1 aliphatic carbocycles. The first kappa shape index (κ1) is 14.4. The summed E-state index contributed by atoms with van der Waals surface area (Å²) in [6, 6.07) is 0.371. The van der Waals surface area contributed by atoms with Gasteiger partial charge >= 0.3 is 0 Å². The fourth-order valence-corrected chi connectivity index (χ4v) is 3.59. The van der Waals surface area contributed by atoms with Gasteiger partial charge in [-0.2, -0.15) is 0 Å². The highest BCUT2D eigenvalue weighted by Gasteiger charge is 2.41. The first-order chi connectivity index (χ1) is 10.1. The quantitative estimate of drug-likeness (QED) is 0.801. The third kappa shape index (κ3) is 2.76. The molecule has 116 valence electrons. The van der Waals surface area contributed by atoms with Crippen LogP contribution in [0.15, 0.2) is 0 Å². The minimum atomic E-state index is -0.269. The van der Waals surface area contributed by atoms with Crippen LogP contribution in [0.3, 0.4) is 0 Å². The van der Waals surface area contributed by atoms with E-state index in [1.807, 2.05) is 9.80 Å². The molecule has 3 amide bonds. The van der Waals surface area contributed by atoms with Gasteiger partial charge in [-0.3, -0.25) is 14.4 Å². The van der Waals surface area contributed by atoms with Crippen molar-refractivity contribution >= 4 is 17.7 Å². The van der Waals surface area contributed by atoms with Crippen LogP contribution in [-0.2, 0) is 14.4 Å². The lowest BCUT2D eigenvalue weighted by Gasteiger charge is -2.35. The molecular formula is C15H23N3O3. The second-order valence-corrected chi connectivity index (χ2v) is 6.53. The molecule has 2 N–H and O–H groups in total. The van der Waals surface area contributed by atoms with Crippen molar-refractivity contribution in [1.82, 2.24) is 9.80 Å². The van der Waals surface area contributed by atoms with Crippen LogP contribution in [0.5, 0.6) is 0 Å². The number of likely N-dealkylation sites (tertiary alicyclic amines) is 2. The summed E-state index contributed by atoms with van der Waals surface area (Å²) in [5, 5.41) is 0. The van der Waals surface area contributed by atoms with E-state index in [1.54, 1.807) is 0 Å². The molecule has 3 rings (SSSR count). The Labute approximate surface area is 124 Å². The average molecular weight is 293 g/mol. The highest BCUT2D eigenvalue weighted by atomic mass is 16.2. The summed E-state index contributed by atoms with van der Waals surface area (Å²) >= 11 is 0. The Bertz CT molecular complexity index is 453. The van der Waals surface area contributed by atoms with Gasteiger partial charge in [-0.15, -0.1) is 0 Å². The van der Waals surface area contributed by atoms with E-state index >= 15 is 0 Å². The summed E-state index contributed by atoms with van der Waals surface area (Å²) in [6.07, 6.45) is 4.99. The van der Waals surface area contributed by atoms with Crippen molar-refractivity contribution in [2.75, 3.05) is 19.6 Å². The summed E-state index contributed by atoms with van der Waals surface area (Å²) in [4.78, 5) is 39.4. The van der Waals surface area contributed by atoms with Crippen molar-refractivity contribution in [2.45, 2.75) is 44.6 Å². The largest absolute Gasteiger partial charge is 0.369 e. The van der Waals surface area contributed by atoms with Gasteiger partial charge in [0.1, 0.15) is 0 Å². The fourth-order valence-electron chi connectivity index (χ4n) is 3.59. The van der Waals surface area contributed by atoms with Gasteiger partial charge in [0, 0.05) is 38.0 Å². The molecule has 3 fully saturated rings. The number of nitrogens with two attached hydrogens (primary N) is 1. The SMILES string of the molecule is NC(=O)C1CCN(C(=O)C2CC(=O)N(C3CCC3)C2)CC1. The lowest BCUT2D eigenvalue weighted by atomic mass is 9.91. The van der Waals surface area contributed by atoms with Crippen molar-refractivity contribution in [3.63, 3.8) is 0 Å². The van der Waals surface area contributed by atoms with Crippen LogP contribution >= 0.6 is 0 Å². The summed E-state index contributed by atoms with van der Waals surface area (Å²) in [5.41, 5.74) is 5.31. The van der Waals surface area contributed by atoms with Crippen LogP contribution < -0.4 is 5.73 Å². The third-order valence-corrected chi connectivity index (χ3v) is 5.23. The maximum Gasteiger partial charge on any atom is 0.227 e. The zero-order valence-electron chi connectivity index (χ0n) is 12.3. The Morgan fingerprint density at radius 1 is 1.05 bits per heavy atom. The highest BCUT2D eigenvalue weighted by molar-refractivity contribution is 5.89. The van der Waals surface area contributed by atoms with Crippen molar-refractivity contribution in [1.29, 1.82) is 0 Å². The summed E-state index contributed by atoms with van der Waals surface area (Å²) in [6.45, 7) is 1.75. The van der Waals surface area contributed by atoms with Crippen LogP contribution in [0.25, 0.3) is 0 Å². The van der Waals surface area contributed by atoms with Gasteiger partial charge in [-0.1, -0.05) is 0 Å². The topological polar surface area (TPSA) is 83.7 Å². The maximum absolute atomic E-state index is 12.5. The van der Waals surface area contributed by atoms with Crippen molar-refractivity contribution in [3.8, 4) is 0 Å². The number of nitrogens with zero attached hydrogens (tertiary/aromatic N) is 2. The smallest absolute Gasteiger partial charge is 0.227 e. The summed E-state index contributed by atoms with van der Waals surface area (Å²) in [5.74, 6) is -0.360. The van der Waals surface area contributed by atoms with Gasteiger partial charge in [-0.25, -0.2) is 0 Å². The van der Waals surface area contributed by atoms with Crippen molar-refractivity contribution in [3.05, 3.63) is 0 Å². The molecular weight excluding hydrogens is 270 g/mol. The normalized spacial score (nSPS) is 27.8. The Hall–Kier alpha value is -1.59. The van der Waals surface area contributed by atoms with E-state index in [4.69, 9.17) is 5.73 Å². The van der Waals surface area contributed by atoms with E-state index in [2.05, 4.69) is 0 Å². The minimum absolute atomic E-state index is 0.0769. The monoisotopic (exact) mass is 293 g/mol. The first-order valence-electron chi connectivity index (χ1n) is 7.94. The van der Waals surface area contributed by atoms with E-state index in [0.29, 0.717) is 44.9 Å². The van der Waals surface area contributed by atoms with E-state index < -0.39 is 0 Å². The Morgan fingerprint density at radius 2 is 1.71 bits per heavy atom. The van der Waals surface area contributed by atoms with Crippen molar-refractivity contribution < 1.29 is 14.4 Å². The molecule has 1 atom stereocenters. The van der Waals surface area contributed by atoms with Crippen molar-refractivity contribution in [2.24, 2.45) is 17.6 Å². The zero-order chi connectivity index (χ0) is 15.0. The molecule has 2 saturated heterocycles. The van der Waals surface area contributed by atoms with E-state index in [-0.39, 0.29) is 29.6 Å². The standard InChI is InChI=1S/C15H23N3O3/c16-14(20)10-4-6-17(7-5-10)15(21)11-8-13(19)18(9-11)12-2-1-3-12/h10-12H,1-9H2,(H2,16,20). The highest BCUT2D eigenvalue weighted by Crippen LogP contribution is 2.31. The zero-order valence-corrected chi connectivity index (χ0v) is 12.3. The molecule has 0 radical (unpaired) electrons. The molecule has 21 heavy (non-hydrogen) atoms. The molecule has 0 aromatic rings. The van der Waals surface area contributed by atoms with Gasteiger partial charge in [0.05, 0.1) is 5.92 Å². The van der Waals surface area contributed by atoms with Crippen LogP contribution in [0.4, 0.5) is 0 Å². The van der Waals surface area contributed by atoms with E-state index in [1.165, 1.54) is 6.42 Å². The molecule has 2 heterocycles. The van der Waals surface area contributed by atoms with Crippen LogP contribution in [0, 0.1) is 11.8 Å². The Balaban J connectivity index is 1.54. The number of piperidine rings is 1. The predicted molar refractivity (Wildman–Crippen MR) is 76.0 cm³/mol. The molecule has 0 aromatic heterocycles. The van der Waals surface area contributed by atoms with Gasteiger partial charge in [0.15, 0.2) is 0 Å². The van der Waals surface area contributed by atoms with Crippen LogP contribution in [0.2, 0.25) is 0 Å². The number of hydrogen-bond donors (Lipinski definition) is 1. The Kier molecular flexibility index (Phi) is 3.87. The van der Waals surface area contributed by atoms with Crippen LogP contribution in [-0.4, -0.2) is 53.2 Å². The molecule has 0 aromatic carbocycles. The number of primary amides is 1. The number of carbonyl (C=O) groups excluding carboxylic acids is 3.